The fourth-order valence-corrected chi connectivity index (χ4v) is 5.60. The molecule has 0 aliphatic heterocycles. The van der Waals surface area contributed by atoms with E-state index < -0.39 is 11.7 Å². The number of allylic oxidation sites excluding steroid dienone is 2. The Bertz CT molecular complexity index is 917. The largest absolute Gasteiger partial charge is 0.464 e. The van der Waals surface area contributed by atoms with Gasteiger partial charge >= 0.3 is 5.97 Å². The minimum absolute atomic E-state index is 0.304. The maximum Gasteiger partial charge on any atom is 0.340 e. The number of rotatable bonds is 6. The number of aromatic nitrogens is 1. The van der Waals surface area contributed by atoms with Crippen LogP contribution >= 0.6 is 22.7 Å². The summed E-state index contributed by atoms with van der Waals surface area (Å²) in [7, 11) is 0. The van der Waals surface area contributed by atoms with Gasteiger partial charge in [-0.15, -0.1) is 22.7 Å². The average molecular weight is 448 g/mol. The summed E-state index contributed by atoms with van der Waals surface area (Å²) in [6.07, 6.45) is 4.73. The molecule has 0 N–H and O–H groups in total. The molecule has 2 heterocycles. The summed E-state index contributed by atoms with van der Waals surface area (Å²) < 4.78 is 11.8. The van der Waals surface area contributed by atoms with Crippen LogP contribution in [0.3, 0.4) is 0 Å². The molecule has 2 aromatic heterocycles. The van der Waals surface area contributed by atoms with Gasteiger partial charge in [-0.2, -0.15) is 0 Å². The van der Waals surface area contributed by atoms with Gasteiger partial charge in [0.1, 0.15) is 0 Å². The molecule has 1 aliphatic rings. The summed E-state index contributed by atoms with van der Waals surface area (Å²) in [5.41, 5.74) is 6.02. The Kier molecular flexibility index (Phi) is 6.90. The Morgan fingerprint density at radius 2 is 2.07 bits per heavy atom. The van der Waals surface area contributed by atoms with E-state index in [2.05, 4.69) is 37.2 Å². The van der Waals surface area contributed by atoms with E-state index in [1.165, 1.54) is 5.57 Å². The number of thiophene rings is 1. The molecular formula is C24H33NO3S2. The van der Waals surface area contributed by atoms with Gasteiger partial charge in [-0.25, -0.2) is 9.78 Å². The third-order valence-corrected chi connectivity index (χ3v) is 7.05. The minimum Gasteiger partial charge on any atom is -0.464 e. The molecule has 0 bridgehead atoms. The van der Waals surface area contributed by atoms with Crippen LogP contribution in [0.4, 0.5) is 0 Å². The second-order valence-corrected chi connectivity index (χ2v) is 11.6. The Labute approximate surface area is 188 Å². The predicted molar refractivity (Wildman–Crippen MR) is 126 cm³/mol. The molecule has 1 aliphatic carbocycles. The molecule has 1 unspecified atom stereocenters. The Balaban J connectivity index is 2.19. The lowest BCUT2D eigenvalue weighted by molar-refractivity contribution is -0.166. The molecule has 0 radical (unpaired) electrons. The van der Waals surface area contributed by atoms with Gasteiger partial charge in [0.25, 0.3) is 0 Å². The second-order valence-electron chi connectivity index (χ2n) is 9.61. The van der Waals surface area contributed by atoms with Crippen molar-refractivity contribution in [3.63, 3.8) is 0 Å². The molecule has 3 rings (SSSR count). The average Bonchev–Trinajstić information content (AvgIpc) is 3.27. The van der Waals surface area contributed by atoms with Gasteiger partial charge in [0.2, 0.25) is 0 Å². The number of aryl methyl sites for hydroxylation is 1. The first-order valence-corrected chi connectivity index (χ1v) is 12.3. The van der Waals surface area contributed by atoms with Gasteiger partial charge in [-0.1, -0.05) is 19.9 Å². The molecule has 30 heavy (non-hydrogen) atoms. The van der Waals surface area contributed by atoms with Crippen molar-refractivity contribution in [2.24, 2.45) is 5.41 Å². The molecule has 0 aromatic carbocycles. The van der Waals surface area contributed by atoms with Gasteiger partial charge < -0.3 is 9.47 Å². The number of nitrogens with zero attached hydrogens (tertiary/aromatic N) is 1. The minimum atomic E-state index is -0.751. The highest BCUT2D eigenvalue weighted by atomic mass is 32.1. The zero-order valence-electron chi connectivity index (χ0n) is 19.1. The van der Waals surface area contributed by atoms with Crippen LogP contribution in [-0.2, 0) is 14.3 Å². The first-order chi connectivity index (χ1) is 14.0. The van der Waals surface area contributed by atoms with Gasteiger partial charge in [0.15, 0.2) is 6.10 Å². The first-order valence-electron chi connectivity index (χ1n) is 10.6. The molecule has 0 spiro atoms. The molecule has 6 heteroatoms. The van der Waals surface area contributed by atoms with Crippen LogP contribution in [0.1, 0.15) is 82.9 Å². The molecule has 0 saturated carbocycles. The number of carbonyl (C=O) groups is 1. The number of esters is 1. The summed E-state index contributed by atoms with van der Waals surface area (Å²) in [6.45, 7) is 14.8. The van der Waals surface area contributed by atoms with Crippen LogP contribution in [-0.4, -0.2) is 23.2 Å². The number of hydrogen-bond acceptors (Lipinski definition) is 6. The van der Waals surface area contributed by atoms with Crippen LogP contribution in [0.15, 0.2) is 17.0 Å². The number of thiazole rings is 1. The van der Waals surface area contributed by atoms with Gasteiger partial charge in [-0.05, 0) is 64.9 Å². The molecule has 4 nitrogen and oxygen atoms in total. The van der Waals surface area contributed by atoms with Crippen LogP contribution in [0.5, 0.6) is 0 Å². The smallest absolute Gasteiger partial charge is 0.340 e. The highest BCUT2D eigenvalue weighted by Crippen LogP contribution is 2.48. The maximum absolute atomic E-state index is 13.0. The van der Waals surface area contributed by atoms with E-state index >= 15 is 0 Å². The van der Waals surface area contributed by atoms with Crippen molar-refractivity contribution in [1.29, 1.82) is 0 Å². The third-order valence-electron chi connectivity index (χ3n) is 5.32. The normalized spacial score (nSPS) is 17.5. The lowest BCUT2D eigenvalue weighted by Crippen LogP contribution is -2.29. The quantitative estimate of drug-likeness (QED) is 0.440. The molecule has 0 amide bonds. The van der Waals surface area contributed by atoms with Crippen molar-refractivity contribution in [1.82, 2.24) is 4.98 Å². The van der Waals surface area contributed by atoms with E-state index in [0.29, 0.717) is 12.0 Å². The lowest BCUT2D eigenvalue weighted by atomic mass is 9.76. The van der Waals surface area contributed by atoms with Crippen molar-refractivity contribution in [2.75, 3.05) is 6.61 Å². The molecule has 0 fully saturated rings. The Morgan fingerprint density at radius 3 is 2.60 bits per heavy atom. The summed E-state index contributed by atoms with van der Waals surface area (Å²) >= 11 is 3.29. The van der Waals surface area contributed by atoms with Crippen molar-refractivity contribution < 1.29 is 14.3 Å². The summed E-state index contributed by atoms with van der Waals surface area (Å²) in [4.78, 5) is 19.8. The number of ether oxygens (including phenoxy) is 2. The zero-order valence-corrected chi connectivity index (χ0v) is 20.8. The summed E-state index contributed by atoms with van der Waals surface area (Å²) in [6, 6.07) is 0. The zero-order chi connectivity index (χ0) is 22.1. The fourth-order valence-electron chi connectivity index (χ4n) is 3.80. The Morgan fingerprint density at radius 1 is 1.33 bits per heavy atom. The van der Waals surface area contributed by atoms with Crippen LogP contribution in [0.2, 0.25) is 0 Å². The molecule has 0 saturated heterocycles. The van der Waals surface area contributed by atoms with Crippen LogP contribution in [0, 0.1) is 12.3 Å². The summed E-state index contributed by atoms with van der Waals surface area (Å²) in [5, 5.41) is 2.08. The van der Waals surface area contributed by atoms with E-state index in [0.717, 1.165) is 45.8 Å². The van der Waals surface area contributed by atoms with Crippen molar-refractivity contribution in [3.05, 3.63) is 33.0 Å². The summed E-state index contributed by atoms with van der Waals surface area (Å²) in [5.74, 6) is -0.323. The second kappa shape index (κ2) is 8.93. The fraction of sp³-hybridized carbons (Fsp3) is 0.583. The first kappa shape index (κ1) is 23.2. The van der Waals surface area contributed by atoms with Crippen LogP contribution < -0.4 is 0 Å². The highest BCUT2D eigenvalue weighted by Gasteiger charge is 2.36. The van der Waals surface area contributed by atoms with E-state index in [1.54, 1.807) is 22.7 Å². The van der Waals surface area contributed by atoms with Crippen molar-refractivity contribution in [3.8, 4) is 10.6 Å². The molecule has 164 valence electrons. The van der Waals surface area contributed by atoms with E-state index in [4.69, 9.17) is 9.47 Å². The molecule has 1 atom stereocenters. The van der Waals surface area contributed by atoms with Crippen molar-refractivity contribution >= 4 is 34.2 Å². The standard InChI is InChI=1S/C24H33NO3S2/c1-8-27-22(26)20(28-23(3,4)5)18-15(2)30-21(17-13-29-14-25-17)19(18)16-9-11-24(6,7)12-10-16/h9,13-14,20H,8,10-12H2,1-7H3. The number of hydrogen-bond donors (Lipinski definition) is 0. The van der Waals surface area contributed by atoms with E-state index in [9.17, 15) is 4.79 Å². The van der Waals surface area contributed by atoms with Gasteiger partial charge in [0, 0.05) is 21.4 Å². The van der Waals surface area contributed by atoms with Crippen LogP contribution in [0.25, 0.3) is 16.1 Å². The SMILES string of the molecule is CCOC(=O)C(OC(C)(C)C)c1c(C)sc(-c2cscn2)c1C1=CCC(C)(C)CC1. The van der Waals surface area contributed by atoms with Crippen molar-refractivity contribution in [2.45, 2.75) is 79.4 Å². The Hall–Kier alpha value is -1.50. The molecular weight excluding hydrogens is 414 g/mol. The topological polar surface area (TPSA) is 48.4 Å². The number of carbonyl (C=O) groups excluding carboxylic acids is 1. The molecule has 2 aromatic rings. The highest BCUT2D eigenvalue weighted by molar-refractivity contribution is 7.16. The monoisotopic (exact) mass is 447 g/mol. The maximum atomic E-state index is 13.0. The predicted octanol–water partition coefficient (Wildman–Crippen LogP) is 7.19. The lowest BCUT2D eigenvalue weighted by Gasteiger charge is -2.31. The van der Waals surface area contributed by atoms with Gasteiger partial charge in [0.05, 0.1) is 28.3 Å². The van der Waals surface area contributed by atoms with E-state index in [-0.39, 0.29) is 5.97 Å². The third kappa shape index (κ3) is 5.21. The van der Waals surface area contributed by atoms with Gasteiger partial charge in [-0.3, -0.25) is 0 Å². The van der Waals surface area contributed by atoms with E-state index in [1.807, 2.05) is 33.2 Å².